The topological polar surface area (TPSA) is 139 Å². The van der Waals surface area contributed by atoms with Crippen molar-refractivity contribution in [2.75, 3.05) is 17.2 Å². The number of nitro benzene ring substituents is 1. The van der Waals surface area contributed by atoms with E-state index in [4.69, 9.17) is 5.73 Å². The second-order valence-corrected chi connectivity index (χ2v) is 8.50. The molecule has 0 fully saturated rings. The van der Waals surface area contributed by atoms with E-state index in [0.717, 1.165) is 34.5 Å². The van der Waals surface area contributed by atoms with E-state index in [1.54, 1.807) is 18.6 Å². The molecule has 5 rings (SSSR count). The maximum absolute atomic E-state index is 13.1. The van der Waals surface area contributed by atoms with Crippen molar-refractivity contribution in [2.24, 2.45) is 5.73 Å². The summed E-state index contributed by atoms with van der Waals surface area (Å²) in [5, 5.41) is 17.6. The first-order chi connectivity index (χ1) is 18.0. The quantitative estimate of drug-likeness (QED) is 0.156. The lowest BCUT2D eigenvalue weighted by molar-refractivity contribution is -0.384. The van der Waals surface area contributed by atoms with E-state index in [9.17, 15) is 14.9 Å². The summed E-state index contributed by atoms with van der Waals surface area (Å²) in [5.41, 5.74) is 11.9. The van der Waals surface area contributed by atoms with Crippen LogP contribution in [0, 0.1) is 10.1 Å². The Bertz CT molecular complexity index is 1500. The van der Waals surface area contributed by atoms with Crippen LogP contribution in [-0.2, 0) is 11.2 Å². The predicted octanol–water partition coefficient (Wildman–Crippen LogP) is 4.92. The number of benzene rings is 3. The number of amides is 1. The molecular formula is C28H24N6O3. The minimum Gasteiger partial charge on any atom is -0.354 e. The number of nitro groups is 1. The minimum absolute atomic E-state index is 0.0848. The summed E-state index contributed by atoms with van der Waals surface area (Å²) >= 11 is 0. The smallest absolute Gasteiger partial charge is 0.270 e. The van der Waals surface area contributed by atoms with E-state index in [1.807, 2.05) is 60.7 Å². The lowest BCUT2D eigenvalue weighted by atomic mass is 9.98. The molecule has 0 radical (unpaired) electrons. The molecule has 184 valence electrons. The Labute approximate surface area is 212 Å². The van der Waals surface area contributed by atoms with E-state index >= 15 is 0 Å². The van der Waals surface area contributed by atoms with Gasteiger partial charge in [-0.1, -0.05) is 42.5 Å². The van der Waals surface area contributed by atoms with Gasteiger partial charge in [-0.2, -0.15) is 0 Å². The van der Waals surface area contributed by atoms with Crippen molar-refractivity contribution in [3.63, 3.8) is 0 Å². The predicted molar refractivity (Wildman–Crippen MR) is 145 cm³/mol. The Morgan fingerprint density at radius 2 is 1.84 bits per heavy atom. The molecule has 0 aliphatic carbocycles. The van der Waals surface area contributed by atoms with Gasteiger partial charge in [-0.3, -0.25) is 14.9 Å². The number of H-pyrrole nitrogens is 1. The summed E-state index contributed by atoms with van der Waals surface area (Å²) in [6, 6.07) is 19.9. The fourth-order valence-electron chi connectivity index (χ4n) is 4.17. The molecule has 1 aliphatic rings. The van der Waals surface area contributed by atoms with Crippen LogP contribution in [-0.4, -0.2) is 27.3 Å². The number of rotatable bonds is 8. The van der Waals surface area contributed by atoms with Gasteiger partial charge in [-0.05, 0) is 53.9 Å². The highest BCUT2D eigenvalue weighted by Gasteiger charge is 2.30. The van der Waals surface area contributed by atoms with Crippen molar-refractivity contribution in [1.29, 1.82) is 0 Å². The molecule has 0 bridgehead atoms. The molecule has 0 saturated carbocycles. The van der Waals surface area contributed by atoms with Crippen molar-refractivity contribution in [1.82, 2.24) is 9.97 Å². The summed E-state index contributed by atoms with van der Waals surface area (Å²) in [4.78, 5) is 31.2. The van der Waals surface area contributed by atoms with Gasteiger partial charge in [0.25, 0.3) is 11.6 Å². The summed E-state index contributed by atoms with van der Waals surface area (Å²) in [7, 11) is 0. The van der Waals surface area contributed by atoms with E-state index in [2.05, 4.69) is 20.6 Å². The minimum atomic E-state index is -0.468. The third kappa shape index (κ3) is 5.16. The molecule has 9 heteroatoms. The highest BCUT2D eigenvalue weighted by molar-refractivity contribution is 6.37. The van der Waals surface area contributed by atoms with Gasteiger partial charge in [0.2, 0.25) is 0 Å². The van der Waals surface area contributed by atoms with Crippen molar-refractivity contribution in [3.8, 4) is 0 Å². The Morgan fingerprint density at radius 3 is 2.51 bits per heavy atom. The zero-order chi connectivity index (χ0) is 25.8. The average molecular weight is 493 g/mol. The maximum atomic E-state index is 13.1. The highest BCUT2D eigenvalue weighted by atomic mass is 16.6. The SMILES string of the molecule is NCCc1ccc(C(Nc2ccc(C=Cc3c[nH]cn3)cc2)=C2C(=O)Nc3ccc([N+](=O)[O-])cc32)cc1. The van der Waals surface area contributed by atoms with Gasteiger partial charge in [0.15, 0.2) is 0 Å². The molecule has 1 aliphatic heterocycles. The largest absolute Gasteiger partial charge is 0.354 e. The maximum Gasteiger partial charge on any atom is 0.270 e. The number of nitrogens with one attached hydrogen (secondary N) is 3. The zero-order valence-electron chi connectivity index (χ0n) is 19.8. The lowest BCUT2D eigenvalue weighted by Gasteiger charge is -2.15. The molecule has 5 N–H and O–H groups in total. The van der Waals surface area contributed by atoms with Gasteiger partial charge in [0.1, 0.15) is 0 Å². The summed E-state index contributed by atoms with van der Waals surface area (Å²) in [6.07, 6.45) is 8.02. The van der Waals surface area contributed by atoms with Gasteiger partial charge in [0, 0.05) is 35.3 Å². The van der Waals surface area contributed by atoms with Crippen molar-refractivity contribution in [2.45, 2.75) is 6.42 Å². The number of carbonyl (C=O) groups is 1. The average Bonchev–Trinajstić information content (AvgIpc) is 3.54. The van der Waals surface area contributed by atoms with Crippen LogP contribution in [0.25, 0.3) is 23.4 Å². The van der Waals surface area contributed by atoms with E-state index in [1.165, 1.54) is 12.1 Å². The first-order valence-electron chi connectivity index (χ1n) is 11.7. The molecule has 1 amide bonds. The van der Waals surface area contributed by atoms with Crippen LogP contribution in [0.5, 0.6) is 0 Å². The molecule has 2 heterocycles. The van der Waals surface area contributed by atoms with Crippen molar-refractivity contribution < 1.29 is 9.72 Å². The number of hydrogen-bond acceptors (Lipinski definition) is 6. The first-order valence-corrected chi connectivity index (χ1v) is 11.7. The fraction of sp³-hybridized carbons (Fsp3) is 0.0714. The highest BCUT2D eigenvalue weighted by Crippen LogP contribution is 2.39. The molecule has 9 nitrogen and oxygen atoms in total. The van der Waals surface area contributed by atoms with Crippen LogP contribution in [0.4, 0.5) is 17.1 Å². The number of aromatic nitrogens is 2. The van der Waals surface area contributed by atoms with Gasteiger partial charge in [-0.25, -0.2) is 4.98 Å². The fourth-order valence-corrected chi connectivity index (χ4v) is 4.17. The molecule has 3 aromatic carbocycles. The zero-order valence-corrected chi connectivity index (χ0v) is 19.8. The molecule has 37 heavy (non-hydrogen) atoms. The van der Waals surface area contributed by atoms with Gasteiger partial charge in [0.05, 0.1) is 28.2 Å². The molecule has 0 saturated heterocycles. The van der Waals surface area contributed by atoms with Gasteiger partial charge >= 0.3 is 0 Å². The summed E-state index contributed by atoms with van der Waals surface area (Å²) in [6.45, 7) is 0.534. The van der Waals surface area contributed by atoms with Crippen LogP contribution < -0.4 is 16.4 Å². The summed E-state index contributed by atoms with van der Waals surface area (Å²) < 4.78 is 0. The monoisotopic (exact) mass is 492 g/mol. The lowest BCUT2D eigenvalue weighted by Crippen LogP contribution is -2.10. The molecule has 0 spiro atoms. The second-order valence-electron chi connectivity index (χ2n) is 8.50. The molecular weight excluding hydrogens is 468 g/mol. The Kier molecular flexibility index (Phi) is 6.60. The number of aromatic amines is 1. The molecule has 1 aromatic heterocycles. The molecule has 4 aromatic rings. The number of carbonyl (C=O) groups excluding carboxylic acids is 1. The number of anilines is 2. The number of imidazole rings is 1. The van der Waals surface area contributed by atoms with E-state index in [0.29, 0.717) is 29.1 Å². The van der Waals surface area contributed by atoms with E-state index in [-0.39, 0.29) is 11.6 Å². The van der Waals surface area contributed by atoms with Crippen molar-refractivity contribution >= 4 is 46.4 Å². The number of hydrogen-bond donors (Lipinski definition) is 4. The Morgan fingerprint density at radius 1 is 1.05 bits per heavy atom. The summed E-state index contributed by atoms with van der Waals surface area (Å²) in [5.74, 6) is -0.331. The van der Waals surface area contributed by atoms with Crippen LogP contribution in [0.2, 0.25) is 0 Å². The first kappa shape index (κ1) is 23.7. The van der Waals surface area contributed by atoms with E-state index < -0.39 is 4.92 Å². The van der Waals surface area contributed by atoms with Crippen LogP contribution in [0.1, 0.15) is 27.9 Å². The number of fused-ring (bicyclic) bond motifs is 1. The van der Waals surface area contributed by atoms with Crippen molar-refractivity contribution in [3.05, 3.63) is 117 Å². The van der Waals surface area contributed by atoms with Crippen LogP contribution in [0.15, 0.2) is 79.3 Å². The normalized spacial score (nSPS) is 13.9. The Hall–Kier alpha value is -5.02. The van der Waals surface area contributed by atoms with Crippen LogP contribution >= 0.6 is 0 Å². The van der Waals surface area contributed by atoms with Crippen LogP contribution in [0.3, 0.4) is 0 Å². The number of non-ortho nitro benzene ring substituents is 1. The molecule has 0 unspecified atom stereocenters. The van der Waals surface area contributed by atoms with Gasteiger partial charge in [-0.15, -0.1) is 0 Å². The Balaban J connectivity index is 1.55. The number of nitrogens with two attached hydrogens (primary N) is 1. The third-order valence-corrected chi connectivity index (χ3v) is 6.03. The third-order valence-electron chi connectivity index (χ3n) is 6.03. The standard InChI is InChI=1S/C28H24N6O3/c29-14-13-19-1-6-20(7-2-19)27(26-24-15-23(34(36)37)11-12-25(24)33-28(26)35)32-21-8-3-18(4-9-21)5-10-22-16-30-17-31-22/h1-12,15-17,32H,13-14,29H2,(H,30,31)(H,33,35). The number of nitrogens with zero attached hydrogens (tertiary/aromatic N) is 2. The van der Waals surface area contributed by atoms with Gasteiger partial charge < -0.3 is 21.4 Å². The molecule has 0 atom stereocenters. The second kappa shape index (κ2) is 10.3.